The number of nitrogens with zero attached hydrogens (tertiary/aromatic N) is 3. The highest BCUT2D eigenvalue weighted by molar-refractivity contribution is 5.77. The zero-order valence-electron chi connectivity index (χ0n) is 15.9. The molecule has 1 fully saturated rings. The number of piperazine rings is 1. The maximum absolute atomic E-state index is 13.7. The van der Waals surface area contributed by atoms with Crippen LogP contribution in [0.5, 0.6) is 0 Å². The van der Waals surface area contributed by atoms with E-state index >= 15 is 0 Å². The van der Waals surface area contributed by atoms with Gasteiger partial charge in [-0.1, -0.05) is 18.2 Å². The first-order valence-corrected chi connectivity index (χ1v) is 9.28. The van der Waals surface area contributed by atoms with Crippen LogP contribution in [0.2, 0.25) is 0 Å². The summed E-state index contributed by atoms with van der Waals surface area (Å²) in [4.78, 5) is 26.0. The number of benzene rings is 2. The number of hydrogen-bond acceptors (Lipinski definition) is 4. The van der Waals surface area contributed by atoms with Crippen LogP contribution in [0.15, 0.2) is 42.5 Å². The number of hydrogen-bond donors (Lipinski definition) is 0. The van der Waals surface area contributed by atoms with Crippen LogP contribution in [0.1, 0.15) is 17.5 Å². The van der Waals surface area contributed by atoms with Gasteiger partial charge in [-0.2, -0.15) is 13.2 Å². The Balaban J connectivity index is 1.63. The zero-order valence-corrected chi connectivity index (χ0v) is 15.9. The molecule has 160 valence electrons. The molecule has 1 heterocycles. The Kier molecular flexibility index (Phi) is 6.23. The number of aryl methyl sites for hydroxylation is 1. The first kappa shape index (κ1) is 21.5. The van der Waals surface area contributed by atoms with Gasteiger partial charge >= 0.3 is 6.18 Å². The summed E-state index contributed by atoms with van der Waals surface area (Å²) in [6, 6.07) is 8.64. The molecule has 0 radical (unpaired) electrons. The minimum atomic E-state index is -4.67. The highest BCUT2D eigenvalue weighted by Crippen LogP contribution is 2.36. The van der Waals surface area contributed by atoms with E-state index in [1.807, 2.05) is 0 Å². The summed E-state index contributed by atoms with van der Waals surface area (Å²) in [5, 5.41) is 11.3. The molecular formula is C20H19F4N3O3. The number of halogens is 4. The molecule has 1 saturated heterocycles. The summed E-state index contributed by atoms with van der Waals surface area (Å²) in [6.45, 7) is 1.04. The van der Waals surface area contributed by atoms with Crippen molar-refractivity contribution in [2.45, 2.75) is 19.0 Å². The second-order valence-electron chi connectivity index (χ2n) is 6.92. The number of nitro groups is 1. The van der Waals surface area contributed by atoms with Gasteiger partial charge in [-0.05, 0) is 30.2 Å². The van der Waals surface area contributed by atoms with E-state index in [1.54, 1.807) is 28.0 Å². The summed E-state index contributed by atoms with van der Waals surface area (Å²) in [6.07, 6.45) is -4.29. The lowest BCUT2D eigenvalue weighted by atomic mass is 10.1. The molecule has 10 heteroatoms. The van der Waals surface area contributed by atoms with Gasteiger partial charge in [-0.3, -0.25) is 14.9 Å². The van der Waals surface area contributed by atoms with Crippen LogP contribution in [0.25, 0.3) is 0 Å². The fraction of sp³-hybridized carbons (Fsp3) is 0.350. The van der Waals surface area contributed by atoms with Gasteiger partial charge in [0.2, 0.25) is 5.91 Å². The van der Waals surface area contributed by atoms with E-state index in [4.69, 9.17) is 0 Å². The van der Waals surface area contributed by atoms with Crippen molar-refractivity contribution < 1.29 is 27.3 Å². The Morgan fingerprint density at radius 3 is 2.33 bits per heavy atom. The van der Waals surface area contributed by atoms with Crippen molar-refractivity contribution in [1.82, 2.24) is 4.90 Å². The molecule has 0 spiro atoms. The molecular weight excluding hydrogens is 406 g/mol. The van der Waals surface area contributed by atoms with Crippen molar-refractivity contribution in [3.63, 3.8) is 0 Å². The van der Waals surface area contributed by atoms with Crippen molar-refractivity contribution in [2.24, 2.45) is 0 Å². The predicted molar refractivity (Wildman–Crippen MR) is 102 cm³/mol. The Morgan fingerprint density at radius 2 is 1.73 bits per heavy atom. The lowest BCUT2D eigenvalue weighted by Crippen LogP contribution is -2.49. The van der Waals surface area contributed by atoms with Gasteiger partial charge in [0, 0.05) is 38.7 Å². The monoisotopic (exact) mass is 425 g/mol. The summed E-state index contributed by atoms with van der Waals surface area (Å²) < 4.78 is 52.3. The zero-order chi connectivity index (χ0) is 21.9. The van der Waals surface area contributed by atoms with Gasteiger partial charge in [0.25, 0.3) is 5.69 Å². The van der Waals surface area contributed by atoms with E-state index in [1.165, 1.54) is 6.07 Å². The number of amides is 1. The van der Waals surface area contributed by atoms with Gasteiger partial charge in [0.15, 0.2) is 0 Å². The fourth-order valence-electron chi connectivity index (χ4n) is 3.41. The highest BCUT2D eigenvalue weighted by Gasteiger charge is 2.34. The van der Waals surface area contributed by atoms with Crippen LogP contribution in [0, 0.1) is 15.9 Å². The van der Waals surface area contributed by atoms with Crippen LogP contribution in [0.4, 0.5) is 28.9 Å². The Hall–Kier alpha value is -3.17. The van der Waals surface area contributed by atoms with E-state index in [0.717, 1.165) is 12.1 Å². The van der Waals surface area contributed by atoms with Crippen LogP contribution in [-0.2, 0) is 17.4 Å². The van der Waals surface area contributed by atoms with Gasteiger partial charge in [-0.25, -0.2) is 4.39 Å². The van der Waals surface area contributed by atoms with Crippen LogP contribution in [-0.4, -0.2) is 41.9 Å². The molecule has 1 amide bonds. The molecule has 0 atom stereocenters. The van der Waals surface area contributed by atoms with Gasteiger partial charge in [0.05, 0.1) is 10.5 Å². The molecule has 30 heavy (non-hydrogen) atoms. The molecule has 2 aromatic carbocycles. The molecule has 0 aromatic heterocycles. The lowest BCUT2D eigenvalue weighted by molar-refractivity contribution is -0.384. The highest BCUT2D eigenvalue weighted by atomic mass is 19.4. The van der Waals surface area contributed by atoms with Crippen molar-refractivity contribution in [1.29, 1.82) is 0 Å². The normalized spacial score (nSPS) is 14.7. The molecule has 2 aromatic rings. The molecule has 3 rings (SSSR count). The SMILES string of the molecule is O=C(CCc1ccccc1F)N1CCN(c2ccc(C(F)(F)F)cc2[N+](=O)[O-])CC1. The average Bonchev–Trinajstić information content (AvgIpc) is 2.72. The van der Waals surface area contributed by atoms with Gasteiger partial charge in [-0.15, -0.1) is 0 Å². The number of alkyl halides is 3. The molecule has 0 unspecified atom stereocenters. The van der Waals surface area contributed by atoms with Crippen molar-refractivity contribution >= 4 is 17.3 Å². The smallest absolute Gasteiger partial charge is 0.362 e. The maximum Gasteiger partial charge on any atom is 0.416 e. The van der Waals surface area contributed by atoms with Crippen LogP contribution >= 0.6 is 0 Å². The molecule has 0 aliphatic carbocycles. The minimum Gasteiger partial charge on any atom is -0.362 e. The summed E-state index contributed by atoms with van der Waals surface area (Å²) in [5.41, 5.74) is -1.17. The number of carbonyl (C=O) groups is 1. The molecule has 0 N–H and O–H groups in total. The summed E-state index contributed by atoms with van der Waals surface area (Å²) >= 11 is 0. The third-order valence-corrected chi connectivity index (χ3v) is 5.04. The predicted octanol–water partition coefficient (Wildman–Crippen LogP) is 4.03. The van der Waals surface area contributed by atoms with Gasteiger partial charge < -0.3 is 9.80 Å². The molecule has 0 saturated carbocycles. The van der Waals surface area contributed by atoms with Crippen LogP contribution in [0.3, 0.4) is 0 Å². The van der Waals surface area contributed by atoms with Crippen molar-refractivity contribution in [3.05, 3.63) is 69.5 Å². The molecule has 1 aliphatic heterocycles. The lowest BCUT2D eigenvalue weighted by Gasteiger charge is -2.36. The first-order chi connectivity index (χ1) is 14.2. The average molecular weight is 425 g/mol. The number of anilines is 1. The second-order valence-corrected chi connectivity index (χ2v) is 6.92. The quantitative estimate of drug-likeness (QED) is 0.412. The van der Waals surface area contributed by atoms with E-state index in [0.29, 0.717) is 11.6 Å². The third-order valence-electron chi connectivity index (χ3n) is 5.04. The van der Waals surface area contributed by atoms with Crippen molar-refractivity contribution in [2.75, 3.05) is 31.1 Å². The minimum absolute atomic E-state index is 0.0893. The Bertz CT molecular complexity index is 941. The number of carbonyl (C=O) groups excluding carboxylic acids is 1. The summed E-state index contributed by atoms with van der Waals surface area (Å²) in [5.74, 6) is -0.537. The summed E-state index contributed by atoms with van der Waals surface area (Å²) in [7, 11) is 0. The van der Waals surface area contributed by atoms with Gasteiger partial charge in [0.1, 0.15) is 11.5 Å². The second kappa shape index (κ2) is 8.68. The first-order valence-electron chi connectivity index (χ1n) is 9.28. The largest absolute Gasteiger partial charge is 0.416 e. The van der Waals surface area contributed by atoms with E-state index < -0.39 is 22.4 Å². The molecule has 6 nitrogen and oxygen atoms in total. The third kappa shape index (κ3) is 4.87. The molecule has 0 bridgehead atoms. The van der Waals surface area contributed by atoms with Crippen LogP contribution < -0.4 is 4.90 Å². The standard InChI is InChI=1S/C20H19F4N3O3/c21-16-4-2-1-3-14(16)5-8-19(28)26-11-9-25(10-12-26)17-7-6-15(20(22,23)24)13-18(17)27(29)30/h1-4,6-7,13H,5,8-12H2. The number of nitro benzene ring substituents is 1. The Morgan fingerprint density at radius 1 is 1.07 bits per heavy atom. The number of rotatable bonds is 5. The Labute approximate surface area is 169 Å². The maximum atomic E-state index is 13.7. The topological polar surface area (TPSA) is 66.7 Å². The fourth-order valence-corrected chi connectivity index (χ4v) is 3.41. The van der Waals surface area contributed by atoms with E-state index in [-0.39, 0.29) is 56.4 Å². The van der Waals surface area contributed by atoms with E-state index in [2.05, 4.69) is 0 Å². The molecule has 1 aliphatic rings. The van der Waals surface area contributed by atoms with E-state index in [9.17, 15) is 32.5 Å². The van der Waals surface area contributed by atoms with Crippen molar-refractivity contribution in [3.8, 4) is 0 Å².